The van der Waals surface area contributed by atoms with Gasteiger partial charge >= 0.3 is 0 Å². The fourth-order valence-electron chi connectivity index (χ4n) is 1.44. The van der Waals surface area contributed by atoms with Gasteiger partial charge in [0, 0.05) is 18.1 Å². The standard InChI is InChI=1S/C14H15FO2/c15-13-7-12(3-1-2-6-16)8-14(9-13)17-10-11-4-5-11/h7-9,11,16H,2,4-6,10H2. The Labute approximate surface area is 100 Å². The molecule has 2 nitrogen and oxygen atoms in total. The molecule has 0 atom stereocenters. The van der Waals surface area contributed by atoms with Crippen LogP contribution in [-0.4, -0.2) is 18.3 Å². The summed E-state index contributed by atoms with van der Waals surface area (Å²) in [6.45, 7) is 0.681. The van der Waals surface area contributed by atoms with Crippen LogP contribution in [0.3, 0.4) is 0 Å². The van der Waals surface area contributed by atoms with Crippen LogP contribution in [0.15, 0.2) is 18.2 Å². The summed E-state index contributed by atoms with van der Waals surface area (Å²) in [7, 11) is 0. The van der Waals surface area contributed by atoms with E-state index in [1.54, 1.807) is 6.07 Å². The smallest absolute Gasteiger partial charge is 0.128 e. The Morgan fingerprint density at radius 1 is 1.35 bits per heavy atom. The van der Waals surface area contributed by atoms with E-state index in [1.807, 2.05) is 0 Å². The van der Waals surface area contributed by atoms with Crippen LogP contribution in [0.4, 0.5) is 4.39 Å². The van der Waals surface area contributed by atoms with Gasteiger partial charge in [-0.15, -0.1) is 0 Å². The number of rotatable bonds is 4. The predicted molar refractivity (Wildman–Crippen MR) is 63.2 cm³/mol. The zero-order chi connectivity index (χ0) is 12.1. The highest BCUT2D eigenvalue weighted by Crippen LogP contribution is 2.29. The molecule has 0 radical (unpaired) electrons. The van der Waals surface area contributed by atoms with Crippen molar-refractivity contribution in [1.29, 1.82) is 0 Å². The first kappa shape index (κ1) is 11.9. The molecule has 3 heteroatoms. The van der Waals surface area contributed by atoms with Crippen molar-refractivity contribution in [3.8, 4) is 17.6 Å². The molecule has 0 saturated heterocycles. The Bertz CT molecular complexity index is 441. The molecule has 0 unspecified atom stereocenters. The van der Waals surface area contributed by atoms with E-state index in [-0.39, 0.29) is 12.4 Å². The molecule has 1 aliphatic rings. The number of aliphatic hydroxyl groups is 1. The summed E-state index contributed by atoms with van der Waals surface area (Å²) in [5.41, 5.74) is 0.587. The van der Waals surface area contributed by atoms with Crippen LogP contribution in [0.1, 0.15) is 24.8 Å². The summed E-state index contributed by atoms with van der Waals surface area (Å²) in [6.07, 6.45) is 2.81. The Kier molecular flexibility index (Phi) is 4.00. The molecule has 1 aliphatic carbocycles. The van der Waals surface area contributed by atoms with Crippen molar-refractivity contribution in [3.05, 3.63) is 29.6 Å². The van der Waals surface area contributed by atoms with Crippen molar-refractivity contribution in [1.82, 2.24) is 0 Å². The zero-order valence-electron chi connectivity index (χ0n) is 9.58. The van der Waals surface area contributed by atoms with E-state index >= 15 is 0 Å². The minimum atomic E-state index is -0.341. The van der Waals surface area contributed by atoms with E-state index < -0.39 is 0 Å². The van der Waals surface area contributed by atoms with Gasteiger partial charge in [0.25, 0.3) is 0 Å². The number of halogens is 1. The number of hydrogen-bond acceptors (Lipinski definition) is 2. The topological polar surface area (TPSA) is 29.5 Å². The lowest BCUT2D eigenvalue weighted by Crippen LogP contribution is -1.99. The SMILES string of the molecule is OCCC#Cc1cc(F)cc(OCC2CC2)c1. The van der Waals surface area contributed by atoms with Crippen molar-refractivity contribution in [2.45, 2.75) is 19.3 Å². The Morgan fingerprint density at radius 3 is 2.88 bits per heavy atom. The maximum atomic E-state index is 13.3. The van der Waals surface area contributed by atoms with E-state index in [9.17, 15) is 4.39 Å². The maximum Gasteiger partial charge on any atom is 0.128 e. The number of ether oxygens (including phenoxy) is 1. The average Bonchev–Trinajstić information content (AvgIpc) is 3.10. The van der Waals surface area contributed by atoms with Gasteiger partial charge < -0.3 is 9.84 Å². The lowest BCUT2D eigenvalue weighted by atomic mass is 10.2. The van der Waals surface area contributed by atoms with Crippen LogP contribution >= 0.6 is 0 Å². The zero-order valence-corrected chi connectivity index (χ0v) is 9.58. The molecule has 0 amide bonds. The van der Waals surface area contributed by atoms with Crippen molar-refractivity contribution in [2.24, 2.45) is 5.92 Å². The molecule has 0 heterocycles. The molecule has 1 saturated carbocycles. The third-order valence-corrected chi connectivity index (χ3v) is 2.52. The monoisotopic (exact) mass is 234 g/mol. The maximum absolute atomic E-state index is 13.3. The largest absolute Gasteiger partial charge is 0.493 e. The van der Waals surface area contributed by atoms with Crippen molar-refractivity contribution < 1.29 is 14.2 Å². The van der Waals surface area contributed by atoms with Crippen LogP contribution in [0, 0.1) is 23.6 Å². The summed E-state index contributed by atoms with van der Waals surface area (Å²) in [5, 5.41) is 8.60. The third kappa shape index (κ3) is 4.08. The summed E-state index contributed by atoms with van der Waals surface area (Å²) in [4.78, 5) is 0. The number of aliphatic hydroxyl groups excluding tert-OH is 1. The average molecular weight is 234 g/mol. The molecular weight excluding hydrogens is 219 g/mol. The van der Waals surface area contributed by atoms with Crippen molar-refractivity contribution in [3.63, 3.8) is 0 Å². The highest BCUT2D eigenvalue weighted by molar-refractivity contribution is 5.40. The van der Waals surface area contributed by atoms with Gasteiger partial charge in [-0.25, -0.2) is 4.39 Å². The van der Waals surface area contributed by atoms with Gasteiger partial charge in [0.05, 0.1) is 13.2 Å². The molecule has 0 spiro atoms. The highest BCUT2D eigenvalue weighted by atomic mass is 19.1. The van der Waals surface area contributed by atoms with Crippen LogP contribution in [-0.2, 0) is 0 Å². The number of hydrogen-bond donors (Lipinski definition) is 1. The van der Waals surface area contributed by atoms with E-state index in [4.69, 9.17) is 9.84 Å². The normalized spacial score (nSPS) is 14.0. The van der Waals surface area contributed by atoms with Crippen LogP contribution in [0.5, 0.6) is 5.75 Å². The fourth-order valence-corrected chi connectivity index (χ4v) is 1.44. The molecule has 0 aromatic heterocycles. The minimum Gasteiger partial charge on any atom is -0.493 e. The van der Waals surface area contributed by atoms with Crippen LogP contribution in [0.25, 0.3) is 0 Å². The first-order valence-electron chi connectivity index (χ1n) is 5.81. The molecular formula is C14H15FO2. The fraction of sp³-hybridized carbons (Fsp3) is 0.429. The van der Waals surface area contributed by atoms with Gasteiger partial charge in [-0.1, -0.05) is 11.8 Å². The Morgan fingerprint density at radius 2 is 2.18 bits per heavy atom. The van der Waals surface area contributed by atoms with Gasteiger partial charge in [-0.2, -0.15) is 0 Å². The molecule has 0 aliphatic heterocycles. The number of benzene rings is 1. The summed E-state index contributed by atoms with van der Waals surface area (Å²) < 4.78 is 18.8. The van der Waals surface area contributed by atoms with E-state index in [2.05, 4.69) is 11.8 Å². The minimum absolute atomic E-state index is 0.0212. The summed E-state index contributed by atoms with van der Waals surface area (Å²) >= 11 is 0. The first-order chi connectivity index (χ1) is 8.28. The molecule has 1 fully saturated rings. The molecule has 0 bridgehead atoms. The first-order valence-corrected chi connectivity index (χ1v) is 5.81. The molecule has 2 rings (SSSR count). The van der Waals surface area contributed by atoms with Gasteiger partial charge in [0.1, 0.15) is 11.6 Å². The molecule has 17 heavy (non-hydrogen) atoms. The molecule has 1 aromatic rings. The second-order valence-electron chi connectivity index (χ2n) is 4.21. The van der Waals surface area contributed by atoms with Crippen molar-refractivity contribution in [2.75, 3.05) is 13.2 Å². The summed E-state index contributed by atoms with van der Waals surface area (Å²) in [5.74, 6) is 6.39. The third-order valence-electron chi connectivity index (χ3n) is 2.52. The lowest BCUT2D eigenvalue weighted by Gasteiger charge is -2.05. The van der Waals surface area contributed by atoms with E-state index in [1.165, 1.54) is 25.0 Å². The molecule has 1 aromatic carbocycles. The van der Waals surface area contributed by atoms with E-state index in [0.717, 1.165) is 0 Å². The van der Waals surface area contributed by atoms with Gasteiger partial charge in [0.15, 0.2) is 0 Å². The second-order valence-corrected chi connectivity index (χ2v) is 4.21. The van der Waals surface area contributed by atoms with Crippen molar-refractivity contribution >= 4 is 0 Å². The molecule has 90 valence electrons. The summed E-state index contributed by atoms with van der Waals surface area (Å²) in [6, 6.07) is 4.48. The Balaban J connectivity index is 2.02. The highest BCUT2D eigenvalue weighted by Gasteiger charge is 2.21. The van der Waals surface area contributed by atoms with Crippen LogP contribution in [0.2, 0.25) is 0 Å². The van der Waals surface area contributed by atoms with Gasteiger partial charge in [-0.05, 0) is 30.9 Å². The van der Waals surface area contributed by atoms with Gasteiger partial charge in [-0.3, -0.25) is 0 Å². The quantitative estimate of drug-likeness (QED) is 0.810. The predicted octanol–water partition coefficient (Wildman–Crippen LogP) is 2.35. The second kappa shape index (κ2) is 5.70. The van der Waals surface area contributed by atoms with Crippen LogP contribution < -0.4 is 4.74 Å². The van der Waals surface area contributed by atoms with Gasteiger partial charge in [0.2, 0.25) is 0 Å². The van der Waals surface area contributed by atoms with E-state index in [0.29, 0.717) is 30.3 Å². The Hall–Kier alpha value is -1.53. The molecule has 1 N–H and O–H groups in total. The lowest BCUT2D eigenvalue weighted by molar-refractivity contribution is 0.298.